The molecule has 2 aromatic heterocycles. The lowest BCUT2D eigenvalue weighted by molar-refractivity contribution is -0.120. The van der Waals surface area contributed by atoms with Crippen molar-refractivity contribution in [2.24, 2.45) is 11.7 Å². The lowest BCUT2D eigenvalue weighted by Gasteiger charge is -2.24. The molecule has 0 unspecified atom stereocenters. The number of hydrogen-bond donors (Lipinski definition) is 2. The van der Waals surface area contributed by atoms with Gasteiger partial charge in [0.15, 0.2) is 0 Å². The zero-order chi connectivity index (χ0) is 14.8. The normalized spacial score (nSPS) is 22.2. The van der Waals surface area contributed by atoms with Crippen LogP contribution in [0.2, 0.25) is 0 Å². The van der Waals surface area contributed by atoms with Crippen LogP contribution < -0.4 is 11.1 Å². The van der Waals surface area contributed by atoms with Crippen molar-refractivity contribution in [3.05, 3.63) is 30.2 Å². The molecule has 0 saturated heterocycles. The number of nitrogens with one attached hydrogen (secondary N) is 1. The van der Waals surface area contributed by atoms with Gasteiger partial charge in [-0.2, -0.15) is 0 Å². The molecule has 1 aliphatic rings. The molecule has 2 heterocycles. The Labute approximate surface area is 124 Å². The molecular formula is C16H20N4O. The minimum atomic E-state index is 0.0551. The molecule has 110 valence electrons. The van der Waals surface area contributed by atoms with Crippen LogP contribution in [0.4, 0.5) is 5.82 Å². The van der Waals surface area contributed by atoms with Crippen LogP contribution >= 0.6 is 0 Å². The van der Waals surface area contributed by atoms with Gasteiger partial charge in [-0.1, -0.05) is 0 Å². The lowest BCUT2D eigenvalue weighted by Crippen LogP contribution is -2.32. The van der Waals surface area contributed by atoms with Gasteiger partial charge in [0.2, 0.25) is 5.91 Å². The van der Waals surface area contributed by atoms with Crippen LogP contribution in [0.5, 0.6) is 0 Å². The summed E-state index contributed by atoms with van der Waals surface area (Å²) >= 11 is 0. The molecule has 3 N–H and O–H groups in total. The van der Waals surface area contributed by atoms with Crippen molar-refractivity contribution in [2.75, 3.05) is 5.32 Å². The van der Waals surface area contributed by atoms with Crippen molar-refractivity contribution in [1.82, 2.24) is 9.97 Å². The van der Waals surface area contributed by atoms with Crippen LogP contribution in [-0.2, 0) is 4.79 Å². The van der Waals surface area contributed by atoms with Crippen molar-refractivity contribution in [3.8, 4) is 0 Å². The second-order valence-corrected chi connectivity index (χ2v) is 5.84. The molecule has 5 heteroatoms. The molecular weight excluding hydrogens is 264 g/mol. The average molecular weight is 284 g/mol. The predicted octanol–water partition coefficient (Wildman–Crippen LogP) is 2.39. The molecule has 1 amide bonds. The molecule has 0 aromatic carbocycles. The Morgan fingerprint density at radius 3 is 2.62 bits per heavy atom. The molecule has 0 spiro atoms. The van der Waals surface area contributed by atoms with Crippen molar-refractivity contribution < 1.29 is 4.79 Å². The number of fused-ring (bicyclic) bond motifs is 1. The Kier molecular flexibility index (Phi) is 3.84. The fourth-order valence-corrected chi connectivity index (χ4v) is 2.83. The van der Waals surface area contributed by atoms with E-state index in [1.54, 1.807) is 12.4 Å². The maximum atomic E-state index is 12.3. The molecule has 0 atom stereocenters. The van der Waals surface area contributed by atoms with E-state index in [-0.39, 0.29) is 17.9 Å². The fraction of sp³-hybridized carbons (Fsp3) is 0.438. The highest BCUT2D eigenvalue weighted by atomic mass is 16.1. The molecule has 1 saturated carbocycles. The Bertz CT molecular complexity index is 662. The molecule has 2 aromatic rings. The van der Waals surface area contributed by atoms with Crippen LogP contribution in [0, 0.1) is 12.8 Å². The first kappa shape index (κ1) is 13.9. The third-order valence-electron chi connectivity index (χ3n) is 4.13. The van der Waals surface area contributed by atoms with Gasteiger partial charge in [-0.3, -0.25) is 9.78 Å². The van der Waals surface area contributed by atoms with Crippen LogP contribution in [0.15, 0.2) is 24.5 Å². The van der Waals surface area contributed by atoms with E-state index in [1.807, 2.05) is 19.1 Å². The third kappa shape index (κ3) is 3.19. The maximum Gasteiger partial charge on any atom is 0.228 e. The predicted molar refractivity (Wildman–Crippen MR) is 82.8 cm³/mol. The van der Waals surface area contributed by atoms with Gasteiger partial charge in [-0.05, 0) is 50.1 Å². The van der Waals surface area contributed by atoms with E-state index in [2.05, 4.69) is 15.3 Å². The molecule has 3 rings (SSSR count). The highest BCUT2D eigenvalue weighted by molar-refractivity contribution is 5.94. The Hall–Kier alpha value is -2.01. The van der Waals surface area contributed by atoms with E-state index in [9.17, 15) is 4.79 Å². The SMILES string of the molecule is Cc1cc2cc(NC(=O)C3CCC(N)CC3)ncc2cn1. The minimum absolute atomic E-state index is 0.0551. The summed E-state index contributed by atoms with van der Waals surface area (Å²) in [4.78, 5) is 20.8. The third-order valence-corrected chi connectivity index (χ3v) is 4.13. The fourth-order valence-electron chi connectivity index (χ4n) is 2.83. The number of nitrogens with two attached hydrogens (primary N) is 1. The number of pyridine rings is 2. The number of carbonyl (C=O) groups excluding carboxylic acids is 1. The summed E-state index contributed by atoms with van der Waals surface area (Å²) in [5.41, 5.74) is 6.83. The van der Waals surface area contributed by atoms with Crippen LogP contribution in [0.1, 0.15) is 31.4 Å². The number of hydrogen-bond acceptors (Lipinski definition) is 4. The Morgan fingerprint density at radius 1 is 1.14 bits per heavy atom. The van der Waals surface area contributed by atoms with Crippen LogP contribution in [0.25, 0.3) is 10.8 Å². The van der Waals surface area contributed by atoms with Crippen molar-refractivity contribution in [1.29, 1.82) is 0 Å². The number of aromatic nitrogens is 2. The van der Waals surface area contributed by atoms with E-state index >= 15 is 0 Å². The highest BCUT2D eigenvalue weighted by Gasteiger charge is 2.24. The zero-order valence-corrected chi connectivity index (χ0v) is 12.2. The van der Waals surface area contributed by atoms with E-state index < -0.39 is 0 Å². The lowest BCUT2D eigenvalue weighted by atomic mass is 9.86. The summed E-state index contributed by atoms with van der Waals surface area (Å²) in [5.74, 6) is 0.717. The molecule has 0 radical (unpaired) electrons. The average Bonchev–Trinajstić information content (AvgIpc) is 2.47. The summed E-state index contributed by atoms with van der Waals surface area (Å²) in [7, 11) is 0. The number of aryl methyl sites for hydroxylation is 1. The van der Waals surface area contributed by atoms with Crippen LogP contribution in [0.3, 0.4) is 0 Å². The van der Waals surface area contributed by atoms with E-state index in [4.69, 9.17) is 5.73 Å². The largest absolute Gasteiger partial charge is 0.328 e. The van der Waals surface area contributed by atoms with Crippen molar-refractivity contribution >= 4 is 22.5 Å². The number of amides is 1. The molecule has 1 aliphatic carbocycles. The minimum Gasteiger partial charge on any atom is -0.328 e. The maximum absolute atomic E-state index is 12.3. The van der Waals surface area contributed by atoms with Gasteiger partial charge >= 0.3 is 0 Å². The van der Waals surface area contributed by atoms with Gasteiger partial charge < -0.3 is 11.1 Å². The first-order valence-corrected chi connectivity index (χ1v) is 7.40. The Morgan fingerprint density at radius 2 is 1.86 bits per heavy atom. The summed E-state index contributed by atoms with van der Waals surface area (Å²) in [6.07, 6.45) is 7.12. The van der Waals surface area contributed by atoms with E-state index in [0.29, 0.717) is 5.82 Å². The Balaban J connectivity index is 1.73. The van der Waals surface area contributed by atoms with Crippen molar-refractivity contribution in [3.63, 3.8) is 0 Å². The molecule has 1 fully saturated rings. The van der Waals surface area contributed by atoms with Crippen LogP contribution in [-0.4, -0.2) is 21.9 Å². The summed E-state index contributed by atoms with van der Waals surface area (Å²) in [6, 6.07) is 4.14. The highest BCUT2D eigenvalue weighted by Crippen LogP contribution is 2.25. The quantitative estimate of drug-likeness (QED) is 0.887. The topological polar surface area (TPSA) is 80.9 Å². The first-order valence-electron chi connectivity index (χ1n) is 7.40. The number of anilines is 1. The summed E-state index contributed by atoms with van der Waals surface area (Å²) in [6.45, 7) is 1.95. The number of rotatable bonds is 2. The number of nitrogens with zero attached hydrogens (tertiary/aromatic N) is 2. The first-order chi connectivity index (χ1) is 10.1. The van der Waals surface area contributed by atoms with E-state index in [0.717, 1.165) is 42.1 Å². The monoisotopic (exact) mass is 284 g/mol. The molecule has 0 aliphatic heterocycles. The zero-order valence-electron chi connectivity index (χ0n) is 12.2. The molecule has 21 heavy (non-hydrogen) atoms. The second kappa shape index (κ2) is 5.77. The van der Waals surface area contributed by atoms with Gasteiger partial charge in [0.25, 0.3) is 0 Å². The van der Waals surface area contributed by atoms with Gasteiger partial charge in [0, 0.05) is 35.4 Å². The standard InChI is InChI=1S/C16H20N4O/c1-10-6-12-7-15(19-9-13(12)8-18-10)20-16(21)11-2-4-14(17)5-3-11/h6-9,11,14H,2-5,17H2,1H3,(H,19,20,21). The van der Waals surface area contributed by atoms with Gasteiger partial charge in [-0.15, -0.1) is 0 Å². The van der Waals surface area contributed by atoms with E-state index in [1.165, 1.54) is 0 Å². The molecule has 0 bridgehead atoms. The van der Waals surface area contributed by atoms with Gasteiger partial charge in [0.05, 0.1) is 0 Å². The van der Waals surface area contributed by atoms with Crippen molar-refractivity contribution in [2.45, 2.75) is 38.6 Å². The van der Waals surface area contributed by atoms with Gasteiger partial charge in [0.1, 0.15) is 5.82 Å². The van der Waals surface area contributed by atoms with Gasteiger partial charge in [-0.25, -0.2) is 4.98 Å². The summed E-state index contributed by atoms with van der Waals surface area (Å²) < 4.78 is 0. The smallest absolute Gasteiger partial charge is 0.228 e. The molecule has 5 nitrogen and oxygen atoms in total. The number of carbonyl (C=O) groups is 1. The second-order valence-electron chi connectivity index (χ2n) is 5.84. The summed E-state index contributed by atoms with van der Waals surface area (Å²) in [5, 5.41) is 4.94.